The zero-order valence-corrected chi connectivity index (χ0v) is 45.3. The Labute approximate surface area is 443 Å². The number of ether oxygens (including phenoxy) is 6. The van der Waals surface area contributed by atoms with E-state index in [2.05, 4.69) is 19.2 Å². The quantitative estimate of drug-likeness (QED) is 0.0376. The molecule has 0 aliphatic carbocycles. The highest BCUT2D eigenvalue weighted by Gasteiger charge is 2.53. The Bertz CT molecular complexity index is 1370. The van der Waals surface area contributed by atoms with Gasteiger partial charge in [-0.05, 0) is 12.8 Å². The molecule has 3 rings (SSSR count). The number of carbonyl (C=O) groups excluding carboxylic acids is 1. The standard InChI is InChI=1S/C55H105NO18/c1-3-5-7-9-10-11-12-13-14-15-16-17-18-19-20-21-22-23-24-25-26-27-28-29-31-33-43(61)56-38(39(60)32-30-8-6-4-2)37-69-53-49(67)46(64)51(41(35-58)71-53)74-55-50(68)47(65)52(42(36-59)72-55)73-54-48(66)45(63)44(62)40(34-57)70-54/h38-42,44-55,57-60,62-68H,3-37H2,1-2H3,(H,56,61). The minimum absolute atomic E-state index is 0.248. The lowest BCUT2D eigenvalue weighted by Gasteiger charge is -2.48. The summed E-state index contributed by atoms with van der Waals surface area (Å²) in [5.41, 5.74) is 0. The lowest BCUT2D eigenvalue weighted by Crippen LogP contribution is -2.66. The number of unbranched alkanes of at least 4 members (excludes halogenated alkanes) is 27. The maximum atomic E-state index is 13.2. The number of rotatable bonds is 43. The fourth-order valence-corrected chi connectivity index (χ4v) is 10.3. The molecule has 0 aromatic carbocycles. The Morgan fingerprint density at radius 3 is 1.18 bits per heavy atom. The van der Waals surface area contributed by atoms with E-state index in [-0.39, 0.29) is 18.9 Å². The van der Waals surface area contributed by atoms with E-state index < -0.39 is 124 Å². The van der Waals surface area contributed by atoms with E-state index in [0.29, 0.717) is 12.8 Å². The summed E-state index contributed by atoms with van der Waals surface area (Å²) in [6.45, 7) is 1.66. The van der Waals surface area contributed by atoms with Crippen LogP contribution in [0.5, 0.6) is 0 Å². The highest BCUT2D eigenvalue weighted by atomic mass is 16.8. The fourth-order valence-electron chi connectivity index (χ4n) is 10.3. The van der Waals surface area contributed by atoms with Gasteiger partial charge in [0.1, 0.15) is 73.2 Å². The average Bonchev–Trinajstić information content (AvgIpc) is 3.40. The Kier molecular flexibility index (Phi) is 36.3. The highest BCUT2D eigenvalue weighted by molar-refractivity contribution is 5.76. The SMILES string of the molecule is CCCCCCCCCCCCCCCCCCCCCCCCCCCC(=O)NC(COC1OC(CO)C(OC2OC(CO)C(OC3OC(CO)C(O)C(O)C3O)C(O)C2O)C(O)C1O)C(O)CCCCCC. The molecule has 0 spiro atoms. The van der Waals surface area contributed by atoms with Gasteiger partial charge in [0.15, 0.2) is 18.9 Å². The topological polar surface area (TPSA) is 307 Å². The minimum Gasteiger partial charge on any atom is -0.394 e. The normalized spacial score (nSPS) is 31.4. The van der Waals surface area contributed by atoms with Crippen LogP contribution in [0.1, 0.15) is 213 Å². The Morgan fingerprint density at radius 1 is 0.432 bits per heavy atom. The maximum absolute atomic E-state index is 13.2. The molecule has 1 amide bonds. The van der Waals surface area contributed by atoms with Gasteiger partial charge in [0, 0.05) is 6.42 Å². The molecule has 74 heavy (non-hydrogen) atoms. The molecule has 3 aliphatic heterocycles. The van der Waals surface area contributed by atoms with Crippen molar-refractivity contribution in [2.24, 2.45) is 0 Å². The van der Waals surface area contributed by atoms with Gasteiger partial charge in [0.25, 0.3) is 0 Å². The van der Waals surface area contributed by atoms with Gasteiger partial charge >= 0.3 is 0 Å². The summed E-state index contributed by atoms with van der Waals surface area (Å²) in [5.74, 6) is -0.248. The lowest BCUT2D eigenvalue weighted by molar-refractivity contribution is -0.379. The first-order chi connectivity index (χ1) is 35.8. The summed E-state index contributed by atoms with van der Waals surface area (Å²) in [5, 5.41) is 119. The Hall–Kier alpha value is -1.21. The smallest absolute Gasteiger partial charge is 0.220 e. The highest BCUT2D eigenvalue weighted by Crippen LogP contribution is 2.33. The van der Waals surface area contributed by atoms with Crippen LogP contribution in [-0.4, -0.2) is 193 Å². The molecule has 0 aromatic heterocycles. The molecular weight excluding hydrogens is 963 g/mol. The summed E-state index contributed by atoms with van der Waals surface area (Å²) in [6.07, 6.45) is 10.2. The van der Waals surface area contributed by atoms with Gasteiger partial charge in [-0.25, -0.2) is 0 Å². The van der Waals surface area contributed by atoms with Crippen molar-refractivity contribution in [3.05, 3.63) is 0 Å². The van der Waals surface area contributed by atoms with Crippen LogP contribution in [0.25, 0.3) is 0 Å². The number of amides is 1. The zero-order chi connectivity index (χ0) is 54.1. The second kappa shape index (κ2) is 40.0. The summed E-state index contributed by atoms with van der Waals surface area (Å²) in [4.78, 5) is 13.2. The van der Waals surface area contributed by atoms with Gasteiger partial charge in [0.05, 0.1) is 38.6 Å². The van der Waals surface area contributed by atoms with E-state index >= 15 is 0 Å². The zero-order valence-electron chi connectivity index (χ0n) is 45.3. The lowest BCUT2D eigenvalue weighted by atomic mass is 9.96. The van der Waals surface area contributed by atoms with Gasteiger partial charge in [-0.1, -0.05) is 194 Å². The van der Waals surface area contributed by atoms with Crippen LogP contribution in [0, 0.1) is 0 Å². The van der Waals surface area contributed by atoms with Gasteiger partial charge in [-0.3, -0.25) is 4.79 Å². The van der Waals surface area contributed by atoms with E-state index in [9.17, 15) is 61.0 Å². The van der Waals surface area contributed by atoms with Crippen molar-refractivity contribution in [3.8, 4) is 0 Å². The first-order valence-corrected chi connectivity index (χ1v) is 29.3. The van der Waals surface area contributed by atoms with Gasteiger partial charge in [-0.2, -0.15) is 0 Å². The van der Waals surface area contributed by atoms with E-state index in [4.69, 9.17) is 28.4 Å². The van der Waals surface area contributed by atoms with Crippen LogP contribution in [0.3, 0.4) is 0 Å². The van der Waals surface area contributed by atoms with Crippen molar-refractivity contribution in [1.29, 1.82) is 0 Å². The van der Waals surface area contributed by atoms with Crippen LogP contribution in [-0.2, 0) is 33.2 Å². The molecule has 438 valence electrons. The first-order valence-electron chi connectivity index (χ1n) is 29.3. The third kappa shape index (κ3) is 24.4. The molecule has 3 saturated heterocycles. The van der Waals surface area contributed by atoms with Crippen molar-refractivity contribution >= 4 is 5.91 Å². The molecule has 17 atom stereocenters. The third-order valence-electron chi connectivity index (χ3n) is 15.2. The number of aliphatic hydroxyl groups is 11. The third-order valence-corrected chi connectivity index (χ3v) is 15.2. The van der Waals surface area contributed by atoms with Crippen molar-refractivity contribution in [1.82, 2.24) is 5.32 Å². The van der Waals surface area contributed by atoms with Crippen molar-refractivity contribution in [3.63, 3.8) is 0 Å². The molecule has 17 unspecified atom stereocenters. The van der Waals surface area contributed by atoms with E-state index in [1.54, 1.807) is 0 Å². The van der Waals surface area contributed by atoms with Crippen LogP contribution in [0.2, 0.25) is 0 Å². The molecule has 3 heterocycles. The minimum atomic E-state index is -1.97. The number of hydrogen-bond acceptors (Lipinski definition) is 18. The summed E-state index contributed by atoms with van der Waals surface area (Å²) in [7, 11) is 0. The van der Waals surface area contributed by atoms with Gasteiger partial charge < -0.3 is 89.9 Å². The van der Waals surface area contributed by atoms with Crippen LogP contribution < -0.4 is 5.32 Å². The molecule has 0 aromatic rings. The average molecular weight is 1070 g/mol. The van der Waals surface area contributed by atoms with Crippen molar-refractivity contribution in [2.45, 2.75) is 317 Å². The molecule has 0 radical (unpaired) electrons. The molecule has 19 nitrogen and oxygen atoms in total. The monoisotopic (exact) mass is 1070 g/mol. The van der Waals surface area contributed by atoms with E-state index in [1.807, 2.05) is 0 Å². The molecule has 3 fully saturated rings. The number of nitrogens with one attached hydrogen (secondary N) is 1. The second-order valence-corrected chi connectivity index (χ2v) is 21.5. The number of hydrogen-bond donors (Lipinski definition) is 12. The van der Waals surface area contributed by atoms with Gasteiger partial charge in [0.2, 0.25) is 5.91 Å². The summed E-state index contributed by atoms with van der Waals surface area (Å²) < 4.78 is 34.1. The molecule has 0 saturated carbocycles. The van der Waals surface area contributed by atoms with E-state index in [0.717, 1.165) is 44.9 Å². The molecular formula is C55H105NO18. The fraction of sp³-hybridized carbons (Fsp3) is 0.982. The molecule has 12 N–H and O–H groups in total. The van der Waals surface area contributed by atoms with Crippen LogP contribution >= 0.6 is 0 Å². The first kappa shape index (κ1) is 67.1. The van der Waals surface area contributed by atoms with Crippen LogP contribution in [0.15, 0.2) is 0 Å². The second-order valence-electron chi connectivity index (χ2n) is 21.5. The molecule has 0 bridgehead atoms. The Morgan fingerprint density at radius 2 is 0.770 bits per heavy atom. The maximum Gasteiger partial charge on any atom is 0.220 e. The van der Waals surface area contributed by atoms with Crippen LogP contribution in [0.4, 0.5) is 0 Å². The van der Waals surface area contributed by atoms with Crippen molar-refractivity contribution < 1.29 is 89.4 Å². The Balaban J connectivity index is 1.35. The predicted octanol–water partition coefficient (Wildman–Crippen LogP) is 4.43. The molecule has 3 aliphatic rings. The van der Waals surface area contributed by atoms with Gasteiger partial charge in [-0.15, -0.1) is 0 Å². The number of aliphatic hydroxyl groups excluding tert-OH is 11. The largest absolute Gasteiger partial charge is 0.394 e. The predicted molar refractivity (Wildman–Crippen MR) is 277 cm³/mol. The summed E-state index contributed by atoms with van der Waals surface area (Å²) >= 11 is 0. The summed E-state index contributed by atoms with van der Waals surface area (Å²) in [6, 6.07) is -0.876. The number of carbonyl (C=O) groups is 1. The van der Waals surface area contributed by atoms with Crippen molar-refractivity contribution in [2.75, 3.05) is 26.4 Å². The molecule has 19 heteroatoms. The van der Waals surface area contributed by atoms with E-state index in [1.165, 1.54) is 135 Å².